The molecule has 3 rings (SSSR count). The van der Waals surface area contributed by atoms with Crippen molar-refractivity contribution in [3.8, 4) is 11.3 Å². The van der Waals surface area contributed by atoms with Crippen LogP contribution >= 0.6 is 0 Å². The second kappa shape index (κ2) is 3.95. The molecule has 3 heteroatoms. The molecule has 0 spiro atoms. The molecule has 1 aromatic carbocycles. The van der Waals surface area contributed by atoms with Crippen LogP contribution < -0.4 is 5.43 Å². The first-order chi connectivity index (χ1) is 8.72. The third-order valence-corrected chi connectivity index (χ3v) is 3.49. The van der Waals surface area contributed by atoms with Gasteiger partial charge in [-0.1, -0.05) is 31.2 Å². The Morgan fingerprint density at radius 1 is 1.33 bits per heavy atom. The van der Waals surface area contributed by atoms with Gasteiger partial charge in [0.1, 0.15) is 12.0 Å². The summed E-state index contributed by atoms with van der Waals surface area (Å²) in [7, 11) is 0. The molecule has 0 saturated heterocycles. The van der Waals surface area contributed by atoms with Crippen LogP contribution in [0.3, 0.4) is 0 Å². The number of hydrogen-bond acceptors (Lipinski definition) is 3. The molecular formula is C15H12O3. The number of hydrogen-bond donors (Lipinski definition) is 0. The number of carbonyl (C=O) groups excluding carboxylic acids is 1. The van der Waals surface area contributed by atoms with E-state index in [0.717, 1.165) is 5.56 Å². The minimum atomic E-state index is -0.201. The van der Waals surface area contributed by atoms with Gasteiger partial charge in [-0.2, -0.15) is 0 Å². The van der Waals surface area contributed by atoms with Gasteiger partial charge in [-0.3, -0.25) is 9.59 Å². The SMILES string of the molecule is CC1Cc2c(occ(C=O)c2=O)-c2ccccc21. The molecule has 0 saturated carbocycles. The Kier molecular flexibility index (Phi) is 2.40. The van der Waals surface area contributed by atoms with Crippen molar-refractivity contribution in [2.75, 3.05) is 0 Å². The van der Waals surface area contributed by atoms with E-state index in [-0.39, 0.29) is 16.9 Å². The highest BCUT2D eigenvalue weighted by Gasteiger charge is 2.26. The highest BCUT2D eigenvalue weighted by atomic mass is 16.3. The van der Waals surface area contributed by atoms with Gasteiger partial charge >= 0.3 is 0 Å². The zero-order valence-corrected chi connectivity index (χ0v) is 9.97. The summed E-state index contributed by atoms with van der Waals surface area (Å²) in [5, 5.41) is 0. The van der Waals surface area contributed by atoms with Gasteiger partial charge in [0.05, 0.1) is 5.56 Å². The fourth-order valence-corrected chi connectivity index (χ4v) is 2.57. The molecule has 1 aliphatic carbocycles. The molecule has 1 atom stereocenters. The van der Waals surface area contributed by atoms with Crippen molar-refractivity contribution < 1.29 is 9.21 Å². The first-order valence-electron chi connectivity index (χ1n) is 5.91. The fraction of sp³-hybridized carbons (Fsp3) is 0.200. The molecule has 1 unspecified atom stereocenters. The molecule has 3 nitrogen and oxygen atoms in total. The molecule has 0 radical (unpaired) electrons. The van der Waals surface area contributed by atoms with Crippen LogP contribution in [-0.4, -0.2) is 6.29 Å². The van der Waals surface area contributed by atoms with E-state index in [1.807, 2.05) is 18.2 Å². The maximum atomic E-state index is 12.1. The zero-order chi connectivity index (χ0) is 12.7. The molecule has 18 heavy (non-hydrogen) atoms. The lowest BCUT2D eigenvalue weighted by Crippen LogP contribution is -2.20. The monoisotopic (exact) mass is 240 g/mol. The second-order valence-corrected chi connectivity index (χ2v) is 4.64. The Morgan fingerprint density at radius 2 is 2.11 bits per heavy atom. The van der Waals surface area contributed by atoms with Gasteiger partial charge in [0, 0.05) is 11.1 Å². The lowest BCUT2D eigenvalue weighted by Gasteiger charge is -2.23. The molecule has 1 aliphatic rings. The number of fused-ring (bicyclic) bond motifs is 3. The van der Waals surface area contributed by atoms with Crippen molar-refractivity contribution in [3.05, 3.63) is 57.4 Å². The van der Waals surface area contributed by atoms with Crippen LogP contribution in [0.5, 0.6) is 0 Å². The first-order valence-corrected chi connectivity index (χ1v) is 5.91. The van der Waals surface area contributed by atoms with Crippen LogP contribution in [0.25, 0.3) is 11.3 Å². The standard InChI is InChI=1S/C15H12O3/c1-9-6-13-14(17)10(7-16)8-18-15(13)12-5-3-2-4-11(9)12/h2-5,7-9H,6H2,1H3. The lowest BCUT2D eigenvalue weighted by atomic mass is 9.82. The first kappa shape index (κ1) is 11.0. The van der Waals surface area contributed by atoms with Crippen LogP contribution in [0, 0.1) is 0 Å². The van der Waals surface area contributed by atoms with E-state index < -0.39 is 0 Å². The largest absolute Gasteiger partial charge is 0.463 e. The maximum Gasteiger partial charge on any atom is 0.199 e. The summed E-state index contributed by atoms with van der Waals surface area (Å²) < 4.78 is 5.50. The summed E-state index contributed by atoms with van der Waals surface area (Å²) >= 11 is 0. The molecule has 0 N–H and O–H groups in total. The third kappa shape index (κ3) is 1.44. The Hall–Kier alpha value is -2.16. The minimum absolute atomic E-state index is 0.0975. The molecule has 2 aromatic rings. The summed E-state index contributed by atoms with van der Waals surface area (Å²) in [5.74, 6) is 0.873. The summed E-state index contributed by atoms with van der Waals surface area (Å²) in [5.41, 5.74) is 2.66. The molecule has 1 heterocycles. The van der Waals surface area contributed by atoms with Gasteiger partial charge in [0.25, 0.3) is 0 Å². The number of carbonyl (C=O) groups is 1. The predicted molar refractivity (Wildman–Crippen MR) is 67.9 cm³/mol. The van der Waals surface area contributed by atoms with Crippen molar-refractivity contribution in [3.63, 3.8) is 0 Å². The molecule has 1 aromatic heterocycles. The van der Waals surface area contributed by atoms with Gasteiger partial charge < -0.3 is 4.42 Å². The molecule has 0 aliphatic heterocycles. The number of aldehydes is 1. The summed E-state index contributed by atoms with van der Waals surface area (Å²) in [6, 6.07) is 7.91. The van der Waals surface area contributed by atoms with Crippen LogP contribution in [0.1, 0.15) is 34.3 Å². The van der Waals surface area contributed by atoms with Gasteiger partial charge in [0.15, 0.2) is 11.7 Å². The van der Waals surface area contributed by atoms with E-state index in [1.54, 1.807) is 0 Å². The minimum Gasteiger partial charge on any atom is -0.463 e. The van der Waals surface area contributed by atoms with E-state index in [0.29, 0.717) is 24.0 Å². The van der Waals surface area contributed by atoms with Crippen LogP contribution in [-0.2, 0) is 6.42 Å². The van der Waals surface area contributed by atoms with Crippen molar-refractivity contribution >= 4 is 6.29 Å². The van der Waals surface area contributed by atoms with Gasteiger partial charge in [-0.05, 0) is 17.9 Å². The quantitative estimate of drug-likeness (QED) is 0.720. The normalized spacial score (nSPS) is 16.8. The zero-order valence-electron chi connectivity index (χ0n) is 9.97. The second-order valence-electron chi connectivity index (χ2n) is 4.64. The topological polar surface area (TPSA) is 47.3 Å². The van der Waals surface area contributed by atoms with E-state index >= 15 is 0 Å². The molecule has 0 amide bonds. The summed E-state index contributed by atoms with van der Waals surface area (Å²) in [4.78, 5) is 22.9. The highest BCUT2D eigenvalue weighted by molar-refractivity contribution is 5.77. The Balaban J connectivity index is 2.34. The molecule has 90 valence electrons. The highest BCUT2D eigenvalue weighted by Crippen LogP contribution is 2.37. The van der Waals surface area contributed by atoms with Gasteiger partial charge in [-0.15, -0.1) is 0 Å². The van der Waals surface area contributed by atoms with Crippen LogP contribution in [0.2, 0.25) is 0 Å². The lowest BCUT2D eigenvalue weighted by molar-refractivity contribution is 0.112. The van der Waals surface area contributed by atoms with Crippen molar-refractivity contribution in [1.82, 2.24) is 0 Å². The molecule has 0 fully saturated rings. The van der Waals surface area contributed by atoms with E-state index in [4.69, 9.17) is 4.42 Å². The summed E-state index contributed by atoms with van der Waals surface area (Å²) in [6.07, 6.45) is 2.43. The van der Waals surface area contributed by atoms with Crippen molar-refractivity contribution in [2.45, 2.75) is 19.3 Å². The fourth-order valence-electron chi connectivity index (χ4n) is 2.57. The number of rotatable bonds is 1. The van der Waals surface area contributed by atoms with Crippen molar-refractivity contribution in [2.24, 2.45) is 0 Å². The summed E-state index contributed by atoms with van der Waals surface area (Å²) in [6.45, 7) is 2.08. The van der Waals surface area contributed by atoms with E-state index in [1.165, 1.54) is 11.8 Å². The Bertz CT molecular complexity index is 682. The molecular weight excluding hydrogens is 228 g/mol. The van der Waals surface area contributed by atoms with Gasteiger partial charge in [0.2, 0.25) is 0 Å². The average molecular weight is 240 g/mol. The van der Waals surface area contributed by atoms with E-state index in [2.05, 4.69) is 13.0 Å². The Morgan fingerprint density at radius 3 is 2.89 bits per heavy atom. The number of benzene rings is 1. The predicted octanol–water partition coefficient (Wildman–Crippen LogP) is 2.78. The van der Waals surface area contributed by atoms with Gasteiger partial charge in [-0.25, -0.2) is 0 Å². The van der Waals surface area contributed by atoms with Crippen LogP contribution in [0.15, 0.2) is 39.7 Å². The van der Waals surface area contributed by atoms with Crippen molar-refractivity contribution in [1.29, 1.82) is 0 Å². The third-order valence-electron chi connectivity index (χ3n) is 3.49. The molecule has 0 bridgehead atoms. The van der Waals surface area contributed by atoms with Crippen LogP contribution in [0.4, 0.5) is 0 Å². The maximum absolute atomic E-state index is 12.1. The smallest absolute Gasteiger partial charge is 0.199 e. The Labute approximate surface area is 104 Å². The average Bonchev–Trinajstić information content (AvgIpc) is 2.41. The van der Waals surface area contributed by atoms with E-state index in [9.17, 15) is 9.59 Å².